The fourth-order valence-corrected chi connectivity index (χ4v) is 3.36. The van der Waals surface area contributed by atoms with Gasteiger partial charge in [0.05, 0.1) is 33.1 Å². The van der Waals surface area contributed by atoms with Crippen molar-refractivity contribution in [2.24, 2.45) is 10.2 Å². The number of rotatable bonds is 6. The number of carbonyl (C=O) groups is 1. The molecule has 0 saturated carbocycles. The van der Waals surface area contributed by atoms with Crippen LogP contribution in [0.2, 0.25) is 0 Å². The van der Waals surface area contributed by atoms with Gasteiger partial charge < -0.3 is 24.2 Å². The van der Waals surface area contributed by atoms with Gasteiger partial charge in [0.2, 0.25) is 0 Å². The molecule has 1 fully saturated rings. The predicted octanol–water partition coefficient (Wildman–Crippen LogP) is 1.55. The number of methoxy groups -OCH3 is 2. The molecule has 1 saturated heterocycles. The van der Waals surface area contributed by atoms with Gasteiger partial charge in [0.25, 0.3) is 5.91 Å². The zero-order valence-corrected chi connectivity index (χ0v) is 17.2. The van der Waals surface area contributed by atoms with Crippen molar-refractivity contribution in [1.29, 1.82) is 0 Å². The normalized spacial score (nSPS) is 17.4. The summed E-state index contributed by atoms with van der Waals surface area (Å²) in [6, 6.07) is 10.4. The molecule has 10 heteroatoms. The van der Waals surface area contributed by atoms with Gasteiger partial charge in [-0.3, -0.25) is 10.2 Å². The monoisotopic (exact) mass is 425 g/mol. The van der Waals surface area contributed by atoms with Crippen LogP contribution in [-0.4, -0.2) is 63.0 Å². The zero-order valence-electron chi connectivity index (χ0n) is 17.2. The van der Waals surface area contributed by atoms with Crippen molar-refractivity contribution >= 4 is 28.7 Å². The Kier molecular flexibility index (Phi) is 5.89. The van der Waals surface area contributed by atoms with Crippen LogP contribution in [-0.2, 0) is 9.53 Å². The molecule has 0 aliphatic carbocycles. The first-order valence-electron chi connectivity index (χ1n) is 9.71. The first-order chi connectivity index (χ1) is 15.1. The van der Waals surface area contributed by atoms with Crippen LogP contribution in [0, 0.1) is 0 Å². The van der Waals surface area contributed by atoms with E-state index in [1.165, 1.54) is 13.2 Å². The van der Waals surface area contributed by atoms with Gasteiger partial charge in [-0.15, -0.1) is 0 Å². The smallest absolute Gasteiger partial charge is 0.294 e. The second kappa shape index (κ2) is 8.92. The summed E-state index contributed by atoms with van der Waals surface area (Å²) in [5.41, 5.74) is 7.95. The minimum Gasteiger partial charge on any atom is -0.504 e. The molecule has 10 nitrogen and oxygen atoms in total. The van der Waals surface area contributed by atoms with E-state index < -0.39 is 5.91 Å². The highest BCUT2D eigenvalue weighted by Crippen LogP contribution is 2.31. The second-order valence-electron chi connectivity index (χ2n) is 6.84. The highest BCUT2D eigenvalue weighted by molar-refractivity contribution is 6.72. The van der Waals surface area contributed by atoms with Crippen LogP contribution < -0.4 is 25.2 Å². The number of benzene rings is 2. The molecule has 2 heterocycles. The summed E-state index contributed by atoms with van der Waals surface area (Å²) >= 11 is 0. The molecule has 0 unspecified atom stereocenters. The summed E-state index contributed by atoms with van der Waals surface area (Å²) in [5, 5.41) is 18.1. The van der Waals surface area contributed by atoms with Crippen molar-refractivity contribution in [2.75, 3.05) is 50.8 Å². The molecule has 0 aromatic heterocycles. The number of anilines is 2. The van der Waals surface area contributed by atoms with Crippen molar-refractivity contribution in [2.45, 2.75) is 0 Å². The second-order valence-corrected chi connectivity index (χ2v) is 6.84. The Morgan fingerprint density at radius 2 is 1.90 bits per heavy atom. The van der Waals surface area contributed by atoms with Crippen molar-refractivity contribution in [3.63, 3.8) is 0 Å². The molecule has 1 amide bonds. The van der Waals surface area contributed by atoms with E-state index in [9.17, 15) is 9.90 Å². The van der Waals surface area contributed by atoms with E-state index in [1.807, 2.05) is 18.2 Å². The summed E-state index contributed by atoms with van der Waals surface area (Å²) in [4.78, 5) is 14.5. The maximum Gasteiger partial charge on any atom is 0.294 e. The summed E-state index contributed by atoms with van der Waals surface area (Å²) in [7, 11) is 3.02. The lowest BCUT2D eigenvalue weighted by atomic mass is 10.1. The number of amides is 1. The Bertz CT molecular complexity index is 1050. The van der Waals surface area contributed by atoms with Crippen molar-refractivity contribution in [1.82, 2.24) is 5.43 Å². The molecule has 0 atom stereocenters. The lowest BCUT2D eigenvalue weighted by Crippen LogP contribution is -2.36. The lowest BCUT2D eigenvalue weighted by Gasteiger charge is -2.29. The molecule has 0 spiro atoms. The third kappa shape index (κ3) is 4.24. The van der Waals surface area contributed by atoms with Gasteiger partial charge >= 0.3 is 0 Å². The van der Waals surface area contributed by atoms with Gasteiger partial charge in [0, 0.05) is 30.4 Å². The average Bonchev–Trinajstić information content (AvgIpc) is 3.18. The first kappa shape index (κ1) is 20.5. The molecule has 2 aromatic carbocycles. The summed E-state index contributed by atoms with van der Waals surface area (Å²) in [6.07, 6.45) is 0. The Balaban J connectivity index is 1.58. The standard InChI is InChI=1S/C21H23N5O5/c1-29-17-12-14(26-7-9-31-10-8-26)4-5-15(17)22-24-20-19(23-25-21(20)28)13-3-6-16(27)18(11-13)30-2/h3-6,11-12,22,27H,7-10H2,1-2H3,(H,24,25,28). The molecule has 31 heavy (non-hydrogen) atoms. The Morgan fingerprint density at radius 1 is 1.13 bits per heavy atom. The maximum atomic E-state index is 12.3. The van der Waals surface area contributed by atoms with E-state index in [1.54, 1.807) is 19.2 Å². The number of hydrazone groups is 2. The molecule has 4 rings (SSSR count). The van der Waals surface area contributed by atoms with Crippen LogP contribution in [0.15, 0.2) is 46.6 Å². The van der Waals surface area contributed by atoms with Crippen LogP contribution in [0.4, 0.5) is 11.4 Å². The van der Waals surface area contributed by atoms with Crippen molar-refractivity contribution in [3.05, 3.63) is 42.0 Å². The Labute approximate surface area is 179 Å². The topological polar surface area (TPSA) is 117 Å². The van der Waals surface area contributed by atoms with Crippen LogP contribution in [0.25, 0.3) is 0 Å². The third-order valence-corrected chi connectivity index (χ3v) is 5.01. The van der Waals surface area contributed by atoms with Gasteiger partial charge in [-0.2, -0.15) is 10.2 Å². The Morgan fingerprint density at radius 3 is 2.65 bits per heavy atom. The Hall–Kier alpha value is -3.79. The molecule has 0 bridgehead atoms. The number of nitrogens with one attached hydrogen (secondary N) is 2. The lowest BCUT2D eigenvalue weighted by molar-refractivity contribution is -0.114. The van der Waals surface area contributed by atoms with Crippen molar-refractivity contribution in [3.8, 4) is 17.2 Å². The number of nitrogens with zero attached hydrogens (tertiary/aromatic N) is 3. The minimum absolute atomic E-state index is 0.00848. The SMILES string of the molecule is COc1cc(C2=NNC(=O)/C2=N/Nc2ccc(N3CCOCC3)cc2OC)ccc1O. The number of morpholine rings is 1. The molecule has 2 aliphatic heterocycles. The molecule has 162 valence electrons. The highest BCUT2D eigenvalue weighted by Gasteiger charge is 2.27. The van der Waals surface area contributed by atoms with Crippen LogP contribution in [0.3, 0.4) is 0 Å². The van der Waals surface area contributed by atoms with Gasteiger partial charge in [-0.1, -0.05) is 0 Å². The van der Waals surface area contributed by atoms with Crippen LogP contribution >= 0.6 is 0 Å². The first-order valence-corrected chi connectivity index (χ1v) is 9.71. The van der Waals surface area contributed by atoms with E-state index >= 15 is 0 Å². The summed E-state index contributed by atoms with van der Waals surface area (Å²) in [5.74, 6) is 0.410. The molecule has 2 aromatic rings. The zero-order chi connectivity index (χ0) is 21.8. The van der Waals surface area contributed by atoms with Crippen molar-refractivity contribution < 1.29 is 24.1 Å². The molecular formula is C21H23N5O5. The quantitative estimate of drug-likeness (QED) is 0.601. The van der Waals surface area contributed by atoms with Crippen LogP contribution in [0.5, 0.6) is 17.2 Å². The van der Waals surface area contributed by atoms with E-state index in [4.69, 9.17) is 14.2 Å². The average molecular weight is 425 g/mol. The molecular weight excluding hydrogens is 402 g/mol. The molecule has 0 radical (unpaired) electrons. The van der Waals surface area contributed by atoms with Gasteiger partial charge in [0.15, 0.2) is 17.2 Å². The number of hydrogen-bond donors (Lipinski definition) is 3. The fourth-order valence-electron chi connectivity index (χ4n) is 3.36. The van der Waals surface area contributed by atoms with Gasteiger partial charge in [0.1, 0.15) is 11.5 Å². The number of phenols is 1. The van der Waals surface area contributed by atoms with Gasteiger partial charge in [-0.05, 0) is 30.3 Å². The predicted molar refractivity (Wildman–Crippen MR) is 116 cm³/mol. The third-order valence-electron chi connectivity index (χ3n) is 5.01. The van der Waals surface area contributed by atoms with Crippen LogP contribution in [0.1, 0.15) is 5.56 Å². The number of carbonyl (C=O) groups excluding carboxylic acids is 1. The van der Waals surface area contributed by atoms with Gasteiger partial charge in [-0.25, -0.2) is 5.43 Å². The maximum absolute atomic E-state index is 12.3. The fraction of sp³-hybridized carbons (Fsp3) is 0.286. The number of aromatic hydroxyl groups is 1. The molecule has 3 N–H and O–H groups in total. The van der Waals surface area contributed by atoms with E-state index in [0.29, 0.717) is 35.9 Å². The minimum atomic E-state index is -0.446. The van der Waals surface area contributed by atoms with E-state index in [-0.39, 0.29) is 17.2 Å². The van der Waals surface area contributed by atoms with E-state index in [0.717, 1.165) is 18.8 Å². The number of hydrogen-bond acceptors (Lipinski definition) is 9. The summed E-state index contributed by atoms with van der Waals surface area (Å²) in [6.45, 7) is 3.01. The largest absolute Gasteiger partial charge is 0.504 e. The van der Waals surface area contributed by atoms with E-state index in [2.05, 4.69) is 26.0 Å². The summed E-state index contributed by atoms with van der Waals surface area (Å²) < 4.78 is 16.0. The molecule has 2 aliphatic rings. The number of phenolic OH excluding ortho intramolecular Hbond substituents is 1. The highest BCUT2D eigenvalue weighted by atomic mass is 16.5. The number of ether oxygens (including phenoxy) is 3.